The molecule has 1 rings (SSSR count). The Morgan fingerprint density at radius 3 is 2.38 bits per heavy atom. The first-order valence-electron chi connectivity index (χ1n) is 6.80. The molecule has 1 aromatic carbocycles. The van der Waals surface area contributed by atoms with E-state index in [1.807, 2.05) is 37.3 Å². The summed E-state index contributed by atoms with van der Waals surface area (Å²) in [5.74, 6) is 0. The van der Waals surface area contributed by atoms with Crippen LogP contribution in [0.15, 0.2) is 35.4 Å². The van der Waals surface area contributed by atoms with E-state index in [1.54, 1.807) is 6.92 Å². The van der Waals surface area contributed by atoms with Gasteiger partial charge in [0.1, 0.15) is 6.54 Å². The lowest BCUT2D eigenvalue weighted by molar-refractivity contribution is -0.153. The largest absolute Gasteiger partial charge is 0.407 e. The summed E-state index contributed by atoms with van der Waals surface area (Å²) in [7, 11) is 1.47. The Bertz CT molecular complexity index is 446. The average molecular weight is 302 g/mol. The normalized spacial score (nSPS) is 14.1. The van der Waals surface area contributed by atoms with Crippen molar-refractivity contribution in [2.24, 2.45) is 5.10 Å². The summed E-state index contributed by atoms with van der Waals surface area (Å²) in [4.78, 5) is 0. The first-order valence-corrected chi connectivity index (χ1v) is 6.80. The first-order chi connectivity index (χ1) is 9.87. The molecule has 1 aromatic rings. The summed E-state index contributed by atoms with van der Waals surface area (Å²) in [5, 5.41) is 5.25. The van der Waals surface area contributed by atoms with E-state index in [1.165, 1.54) is 7.11 Å². The number of ether oxygens (including phenoxy) is 1. The zero-order valence-corrected chi connectivity index (χ0v) is 12.5. The van der Waals surface area contributed by atoms with Crippen LogP contribution in [0.2, 0.25) is 0 Å². The molecule has 0 fully saturated rings. The molecule has 0 unspecified atom stereocenters. The van der Waals surface area contributed by atoms with Crippen molar-refractivity contribution >= 4 is 5.71 Å². The maximum atomic E-state index is 12.7. The van der Waals surface area contributed by atoms with Gasteiger partial charge < -0.3 is 4.74 Å². The van der Waals surface area contributed by atoms with Gasteiger partial charge in [-0.25, -0.2) is 0 Å². The lowest BCUT2D eigenvalue weighted by Crippen LogP contribution is -2.41. The fourth-order valence-corrected chi connectivity index (χ4v) is 1.97. The molecule has 0 aliphatic rings. The monoisotopic (exact) mass is 302 g/mol. The Labute approximate surface area is 123 Å². The van der Waals surface area contributed by atoms with Gasteiger partial charge in [-0.05, 0) is 18.9 Å². The summed E-state index contributed by atoms with van der Waals surface area (Å²) < 4.78 is 43.2. The summed E-state index contributed by atoms with van der Waals surface area (Å²) in [6, 6.07) is 8.74. The van der Waals surface area contributed by atoms with Crippen molar-refractivity contribution in [1.82, 2.24) is 5.01 Å². The number of hydrazone groups is 1. The molecule has 0 saturated heterocycles. The SMILES string of the molecule is CC[C@H](COC)N(CC(F)(F)F)/N=C(\C)c1ccccc1. The van der Waals surface area contributed by atoms with Gasteiger partial charge in [0.25, 0.3) is 0 Å². The van der Waals surface area contributed by atoms with E-state index in [9.17, 15) is 13.2 Å². The predicted molar refractivity (Wildman–Crippen MR) is 77.4 cm³/mol. The van der Waals surface area contributed by atoms with E-state index in [0.29, 0.717) is 12.1 Å². The van der Waals surface area contributed by atoms with E-state index >= 15 is 0 Å². The molecular weight excluding hydrogens is 281 g/mol. The second kappa shape index (κ2) is 8.02. The minimum Gasteiger partial charge on any atom is -0.382 e. The van der Waals surface area contributed by atoms with Crippen LogP contribution in [0.3, 0.4) is 0 Å². The van der Waals surface area contributed by atoms with E-state index in [4.69, 9.17) is 4.74 Å². The molecule has 0 amide bonds. The van der Waals surface area contributed by atoms with Crippen LogP contribution < -0.4 is 0 Å². The molecule has 21 heavy (non-hydrogen) atoms. The van der Waals surface area contributed by atoms with E-state index in [2.05, 4.69) is 5.10 Å². The number of halogens is 3. The van der Waals surface area contributed by atoms with Crippen molar-refractivity contribution in [2.75, 3.05) is 20.3 Å². The van der Waals surface area contributed by atoms with E-state index < -0.39 is 18.8 Å². The number of hydrogen-bond donors (Lipinski definition) is 0. The van der Waals surface area contributed by atoms with Crippen molar-refractivity contribution in [2.45, 2.75) is 32.5 Å². The molecule has 0 heterocycles. The predicted octanol–water partition coefficient (Wildman–Crippen LogP) is 3.70. The average Bonchev–Trinajstić information content (AvgIpc) is 2.43. The van der Waals surface area contributed by atoms with E-state index in [0.717, 1.165) is 10.6 Å². The van der Waals surface area contributed by atoms with Gasteiger partial charge in [-0.1, -0.05) is 37.3 Å². The van der Waals surface area contributed by atoms with Crippen molar-refractivity contribution in [3.05, 3.63) is 35.9 Å². The van der Waals surface area contributed by atoms with Gasteiger partial charge in [-0.15, -0.1) is 0 Å². The Balaban J connectivity index is 3.00. The number of rotatable bonds is 7. The minimum atomic E-state index is -4.30. The molecular formula is C15H21F3N2O. The quantitative estimate of drug-likeness (QED) is 0.567. The maximum absolute atomic E-state index is 12.7. The molecule has 0 saturated carbocycles. The fourth-order valence-electron chi connectivity index (χ4n) is 1.97. The molecule has 6 heteroatoms. The van der Waals surface area contributed by atoms with Crippen LogP contribution in [0.25, 0.3) is 0 Å². The van der Waals surface area contributed by atoms with Crippen LogP contribution in [0.4, 0.5) is 13.2 Å². The number of benzene rings is 1. The van der Waals surface area contributed by atoms with Gasteiger partial charge >= 0.3 is 6.18 Å². The molecule has 0 aliphatic carbocycles. The lowest BCUT2D eigenvalue weighted by Gasteiger charge is -2.29. The summed E-state index contributed by atoms with van der Waals surface area (Å²) in [5.41, 5.74) is 1.35. The molecule has 0 aromatic heterocycles. The third-order valence-electron chi connectivity index (χ3n) is 3.06. The summed E-state index contributed by atoms with van der Waals surface area (Å²) in [6.07, 6.45) is -3.78. The van der Waals surface area contributed by atoms with Gasteiger partial charge in [-0.2, -0.15) is 18.3 Å². The molecule has 0 N–H and O–H groups in total. The Kier molecular flexibility index (Phi) is 6.68. The molecule has 0 aliphatic heterocycles. The number of hydrogen-bond acceptors (Lipinski definition) is 3. The number of methoxy groups -OCH3 is 1. The van der Waals surface area contributed by atoms with Gasteiger partial charge in [0.2, 0.25) is 0 Å². The van der Waals surface area contributed by atoms with Crippen molar-refractivity contribution in [3.8, 4) is 0 Å². The Hall–Kier alpha value is -1.56. The van der Waals surface area contributed by atoms with Gasteiger partial charge in [0.15, 0.2) is 0 Å². The zero-order chi connectivity index (χ0) is 15.9. The van der Waals surface area contributed by atoms with Crippen LogP contribution in [0.5, 0.6) is 0 Å². The second-order valence-electron chi connectivity index (χ2n) is 4.78. The van der Waals surface area contributed by atoms with Crippen molar-refractivity contribution in [3.63, 3.8) is 0 Å². The lowest BCUT2D eigenvalue weighted by atomic mass is 10.1. The molecule has 3 nitrogen and oxygen atoms in total. The highest BCUT2D eigenvalue weighted by Gasteiger charge is 2.33. The van der Waals surface area contributed by atoms with Crippen molar-refractivity contribution < 1.29 is 17.9 Å². The summed E-state index contributed by atoms with van der Waals surface area (Å²) >= 11 is 0. The van der Waals surface area contributed by atoms with E-state index in [-0.39, 0.29) is 6.61 Å². The first kappa shape index (κ1) is 17.5. The maximum Gasteiger partial charge on any atom is 0.407 e. The van der Waals surface area contributed by atoms with Gasteiger partial charge in [-0.3, -0.25) is 5.01 Å². The van der Waals surface area contributed by atoms with Crippen LogP contribution in [0.1, 0.15) is 25.8 Å². The fraction of sp³-hybridized carbons (Fsp3) is 0.533. The molecule has 1 atom stereocenters. The number of nitrogens with zero attached hydrogens (tertiary/aromatic N) is 2. The molecule has 0 radical (unpaired) electrons. The highest BCUT2D eigenvalue weighted by molar-refractivity contribution is 5.98. The highest BCUT2D eigenvalue weighted by atomic mass is 19.4. The molecule has 0 bridgehead atoms. The smallest absolute Gasteiger partial charge is 0.382 e. The third kappa shape index (κ3) is 6.16. The van der Waals surface area contributed by atoms with Gasteiger partial charge in [0.05, 0.1) is 18.4 Å². The zero-order valence-electron chi connectivity index (χ0n) is 12.5. The summed E-state index contributed by atoms with van der Waals surface area (Å²) in [6.45, 7) is 2.65. The standard InChI is InChI=1S/C15H21F3N2O/c1-4-14(10-21-3)20(11-15(16,17)18)19-12(2)13-8-6-5-7-9-13/h5-9,14H,4,10-11H2,1-3H3/b19-12+/t14-/m1/s1. The van der Waals surface area contributed by atoms with Gasteiger partial charge in [0, 0.05) is 7.11 Å². The van der Waals surface area contributed by atoms with Crippen molar-refractivity contribution in [1.29, 1.82) is 0 Å². The van der Waals surface area contributed by atoms with Crippen LogP contribution in [0, 0.1) is 0 Å². The number of alkyl halides is 3. The topological polar surface area (TPSA) is 24.8 Å². The third-order valence-corrected chi connectivity index (χ3v) is 3.06. The second-order valence-corrected chi connectivity index (χ2v) is 4.78. The minimum absolute atomic E-state index is 0.206. The molecule has 118 valence electrons. The molecule has 0 spiro atoms. The Morgan fingerprint density at radius 2 is 1.90 bits per heavy atom. The van der Waals surface area contributed by atoms with Crippen LogP contribution in [-0.4, -0.2) is 43.2 Å². The van der Waals surface area contributed by atoms with Crippen LogP contribution in [-0.2, 0) is 4.74 Å². The highest BCUT2D eigenvalue weighted by Crippen LogP contribution is 2.20. The Morgan fingerprint density at radius 1 is 1.29 bits per heavy atom. The van der Waals surface area contributed by atoms with Crippen LogP contribution >= 0.6 is 0 Å².